The standard InChI is InChI=1S/C26H27NO3.C15H13BrO2/c1-20(27-18-16-26(29,17-19-27)22-8-4-2-5-9-22)25(28)21-12-14-24(15-13-21)30-23-10-6-3-7-11-23;1-11(16)15(17)12-7-9-14(10-8-12)18-13-5-3-2-4-6-13/h2-15,20,29H,16-19H2,1H3;2-11H,1H3. The SMILES string of the molecule is CC(Br)C(=O)c1ccc(Oc2ccccc2)cc1.CC(C(=O)c1ccc(Oc2ccccc2)cc1)N1CCC(O)(c2ccccc2)CC1. The molecule has 1 aliphatic rings. The highest BCUT2D eigenvalue weighted by molar-refractivity contribution is 9.10. The molecule has 5 aromatic rings. The van der Waals surface area contributed by atoms with Gasteiger partial charge >= 0.3 is 0 Å². The van der Waals surface area contributed by atoms with Crippen molar-refractivity contribution in [3.05, 3.63) is 156 Å². The number of hydrogen-bond acceptors (Lipinski definition) is 6. The number of likely N-dealkylation sites (tertiary alicyclic amines) is 1. The van der Waals surface area contributed by atoms with Crippen LogP contribution in [0.25, 0.3) is 0 Å². The van der Waals surface area contributed by atoms with Crippen molar-refractivity contribution in [2.24, 2.45) is 0 Å². The van der Waals surface area contributed by atoms with Crippen LogP contribution < -0.4 is 9.47 Å². The number of hydrogen-bond donors (Lipinski definition) is 1. The highest BCUT2D eigenvalue weighted by Crippen LogP contribution is 2.33. The molecule has 0 bridgehead atoms. The normalized spacial score (nSPS) is 15.2. The van der Waals surface area contributed by atoms with Crippen molar-refractivity contribution in [1.82, 2.24) is 4.90 Å². The van der Waals surface area contributed by atoms with Crippen LogP contribution in [-0.2, 0) is 5.60 Å². The molecule has 7 heteroatoms. The number of alkyl halides is 1. The lowest BCUT2D eigenvalue weighted by Crippen LogP contribution is -2.48. The minimum absolute atomic E-state index is 0.0706. The maximum atomic E-state index is 13.0. The molecule has 6 rings (SSSR count). The maximum absolute atomic E-state index is 13.0. The number of benzene rings is 5. The van der Waals surface area contributed by atoms with Gasteiger partial charge in [-0.1, -0.05) is 82.7 Å². The minimum Gasteiger partial charge on any atom is -0.457 e. The van der Waals surface area contributed by atoms with E-state index >= 15 is 0 Å². The lowest BCUT2D eigenvalue weighted by Gasteiger charge is -2.40. The summed E-state index contributed by atoms with van der Waals surface area (Å²) in [4.78, 5) is 26.7. The molecule has 1 fully saturated rings. The van der Waals surface area contributed by atoms with E-state index in [1.807, 2.05) is 129 Å². The average molecular weight is 707 g/mol. The Balaban J connectivity index is 0.000000214. The highest BCUT2D eigenvalue weighted by atomic mass is 79.9. The number of ether oxygens (including phenoxy) is 2. The van der Waals surface area contributed by atoms with Crippen molar-refractivity contribution in [1.29, 1.82) is 0 Å². The summed E-state index contributed by atoms with van der Waals surface area (Å²) in [5.41, 5.74) is 1.50. The molecular formula is C41H40BrNO5. The molecule has 2 atom stereocenters. The van der Waals surface area contributed by atoms with Gasteiger partial charge in [0.25, 0.3) is 0 Å². The van der Waals surface area contributed by atoms with E-state index in [4.69, 9.17) is 9.47 Å². The van der Waals surface area contributed by atoms with E-state index in [1.165, 1.54) is 0 Å². The lowest BCUT2D eigenvalue weighted by atomic mass is 9.84. The highest BCUT2D eigenvalue weighted by Gasteiger charge is 2.36. The third-order valence-electron chi connectivity index (χ3n) is 8.46. The molecule has 0 aliphatic carbocycles. The summed E-state index contributed by atoms with van der Waals surface area (Å²) in [5.74, 6) is 3.14. The second-order valence-corrected chi connectivity index (χ2v) is 13.2. The van der Waals surface area contributed by atoms with Crippen LogP contribution in [0.5, 0.6) is 23.0 Å². The summed E-state index contributed by atoms with van der Waals surface area (Å²) in [7, 11) is 0. The van der Waals surface area contributed by atoms with Gasteiger partial charge in [0.05, 0.1) is 16.5 Å². The van der Waals surface area contributed by atoms with Crippen LogP contribution in [-0.4, -0.2) is 45.5 Å². The largest absolute Gasteiger partial charge is 0.457 e. The van der Waals surface area contributed by atoms with Gasteiger partial charge in [-0.2, -0.15) is 0 Å². The number of aliphatic hydroxyl groups is 1. The number of rotatable bonds is 10. The summed E-state index contributed by atoms with van der Waals surface area (Å²) in [6.07, 6.45) is 1.25. The Labute approximate surface area is 291 Å². The van der Waals surface area contributed by atoms with Crippen molar-refractivity contribution in [2.45, 2.75) is 43.2 Å². The Hall–Kier alpha value is -4.56. The molecule has 2 unspecified atom stereocenters. The van der Waals surface area contributed by atoms with Gasteiger partial charge in [0.1, 0.15) is 23.0 Å². The molecule has 1 heterocycles. The summed E-state index contributed by atoms with van der Waals surface area (Å²) >= 11 is 3.27. The Morgan fingerprint density at radius 1 is 0.604 bits per heavy atom. The first kappa shape index (κ1) is 34.8. The second-order valence-electron chi connectivity index (χ2n) is 11.8. The fourth-order valence-electron chi connectivity index (χ4n) is 5.58. The van der Waals surface area contributed by atoms with Crippen LogP contribution in [0.4, 0.5) is 0 Å². The van der Waals surface area contributed by atoms with Crippen molar-refractivity contribution in [3.63, 3.8) is 0 Å². The van der Waals surface area contributed by atoms with Crippen LogP contribution in [0.3, 0.4) is 0 Å². The van der Waals surface area contributed by atoms with Crippen molar-refractivity contribution in [3.8, 4) is 23.0 Å². The smallest absolute Gasteiger partial charge is 0.179 e. The Bertz CT molecular complexity index is 1740. The molecular weight excluding hydrogens is 666 g/mol. The Morgan fingerprint density at radius 3 is 1.40 bits per heavy atom. The Morgan fingerprint density at radius 2 is 0.979 bits per heavy atom. The van der Waals surface area contributed by atoms with Crippen LogP contribution >= 0.6 is 15.9 Å². The zero-order valence-corrected chi connectivity index (χ0v) is 28.8. The minimum atomic E-state index is -0.809. The topological polar surface area (TPSA) is 76.1 Å². The number of piperidine rings is 1. The summed E-state index contributed by atoms with van der Waals surface area (Å²) < 4.78 is 11.5. The number of Topliss-reactive ketones (excluding diaryl/α,β-unsaturated/α-hetero) is 2. The average Bonchev–Trinajstić information content (AvgIpc) is 3.13. The van der Waals surface area contributed by atoms with Crippen molar-refractivity contribution < 1.29 is 24.2 Å². The van der Waals surface area contributed by atoms with Crippen LogP contribution in [0.2, 0.25) is 0 Å². The molecule has 0 spiro atoms. The summed E-state index contributed by atoms with van der Waals surface area (Å²) in [5, 5.41) is 11.0. The van der Waals surface area contributed by atoms with Gasteiger partial charge in [-0.3, -0.25) is 14.5 Å². The predicted molar refractivity (Wildman–Crippen MR) is 194 cm³/mol. The first-order valence-electron chi connectivity index (χ1n) is 16.1. The van der Waals surface area contributed by atoms with Crippen molar-refractivity contribution in [2.75, 3.05) is 13.1 Å². The van der Waals surface area contributed by atoms with E-state index in [-0.39, 0.29) is 22.4 Å². The zero-order chi connectivity index (χ0) is 33.9. The fourth-order valence-corrected chi connectivity index (χ4v) is 5.84. The van der Waals surface area contributed by atoms with Crippen LogP contribution in [0.15, 0.2) is 140 Å². The van der Waals surface area contributed by atoms with Gasteiger partial charge in [0.15, 0.2) is 11.6 Å². The Kier molecular flexibility index (Phi) is 12.0. The fraction of sp³-hybridized carbons (Fsp3) is 0.220. The molecule has 0 aromatic heterocycles. The van der Waals surface area contributed by atoms with Gasteiger partial charge in [-0.05, 0) is 105 Å². The monoisotopic (exact) mass is 705 g/mol. The number of para-hydroxylation sites is 2. The molecule has 246 valence electrons. The zero-order valence-electron chi connectivity index (χ0n) is 27.2. The molecule has 0 saturated carbocycles. The number of carbonyl (C=O) groups is 2. The van der Waals surface area contributed by atoms with E-state index in [1.54, 1.807) is 24.3 Å². The lowest BCUT2D eigenvalue weighted by molar-refractivity contribution is -0.0318. The molecule has 1 saturated heterocycles. The molecule has 0 amide bonds. The number of halogens is 1. The van der Waals surface area contributed by atoms with E-state index in [0.717, 1.165) is 22.8 Å². The van der Waals surface area contributed by atoms with E-state index in [9.17, 15) is 14.7 Å². The first-order valence-corrected chi connectivity index (χ1v) is 17.0. The maximum Gasteiger partial charge on any atom is 0.179 e. The van der Waals surface area contributed by atoms with Gasteiger partial charge in [-0.25, -0.2) is 0 Å². The summed E-state index contributed by atoms with van der Waals surface area (Å²) in [6, 6.07) is 43.2. The van der Waals surface area contributed by atoms with Gasteiger partial charge in [-0.15, -0.1) is 0 Å². The molecule has 5 aromatic carbocycles. The molecule has 1 N–H and O–H groups in total. The number of nitrogens with zero attached hydrogens (tertiary/aromatic N) is 1. The number of carbonyl (C=O) groups excluding carboxylic acids is 2. The van der Waals surface area contributed by atoms with Gasteiger partial charge < -0.3 is 14.6 Å². The third-order valence-corrected chi connectivity index (χ3v) is 8.88. The van der Waals surface area contributed by atoms with E-state index < -0.39 is 5.60 Å². The van der Waals surface area contributed by atoms with E-state index in [0.29, 0.717) is 42.8 Å². The molecule has 6 nitrogen and oxygen atoms in total. The number of ketones is 2. The van der Waals surface area contributed by atoms with Gasteiger partial charge in [0.2, 0.25) is 0 Å². The second kappa shape index (κ2) is 16.5. The summed E-state index contributed by atoms with van der Waals surface area (Å²) in [6.45, 7) is 5.14. The molecule has 0 radical (unpaired) electrons. The van der Waals surface area contributed by atoms with Crippen molar-refractivity contribution >= 4 is 27.5 Å². The van der Waals surface area contributed by atoms with E-state index in [2.05, 4.69) is 20.8 Å². The molecule has 48 heavy (non-hydrogen) atoms. The quantitative estimate of drug-likeness (QED) is 0.115. The molecule has 1 aliphatic heterocycles. The third kappa shape index (κ3) is 9.28. The van der Waals surface area contributed by atoms with Crippen LogP contribution in [0.1, 0.15) is 53.0 Å². The predicted octanol–water partition coefficient (Wildman–Crippen LogP) is 9.48. The van der Waals surface area contributed by atoms with Crippen LogP contribution in [0, 0.1) is 0 Å². The van der Waals surface area contributed by atoms with Gasteiger partial charge in [0, 0.05) is 24.2 Å². The first-order chi connectivity index (χ1) is 23.2.